The van der Waals surface area contributed by atoms with Crippen molar-refractivity contribution < 1.29 is 13.9 Å². The molecule has 3 nitrogen and oxygen atoms in total. The molecule has 72 valence electrons. The predicted molar refractivity (Wildman–Crippen MR) is 43.0 cm³/mol. The molecule has 0 amide bonds. The van der Waals surface area contributed by atoms with Crippen LogP contribution in [-0.4, -0.2) is 10.1 Å². The molecular formula is C7H6ClF2NO2. The van der Waals surface area contributed by atoms with Crippen molar-refractivity contribution in [3.8, 4) is 0 Å². The van der Waals surface area contributed by atoms with Crippen LogP contribution in [0.1, 0.15) is 17.7 Å². The summed E-state index contributed by atoms with van der Waals surface area (Å²) in [5.41, 5.74) is -1.53. The van der Waals surface area contributed by atoms with Crippen LogP contribution in [0.4, 0.5) is 8.78 Å². The lowest BCUT2D eigenvalue weighted by molar-refractivity contribution is 0.149. The van der Waals surface area contributed by atoms with Gasteiger partial charge in [0.1, 0.15) is 10.7 Å². The SMILES string of the molecule is O=c1cc(CO)[nH]c(Cl)c1C(F)F. The zero-order valence-electron chi connectivity index (χ0n) is 6.35. The van der Waals surface area contributed by atoms with E-state index in [2.05, 4.69) is 4.98 Å². The summed E-state index contributed by atoms with van der Waals surface area (Å²) >= 11 is 5.36. The molecule has 0 saturated carbocycles. The fourth-order valence-electron chi connectivity index (χ4n) is 0.877. The topological polar surface area (TPSA) is 53.1 Å². The molecular weight excluding hydrogens is 204 g/mol. The van der Waals surface area contributed by atoms with Gasteiger partial charge in [0.2, 0.25) is 0 Å². The fraction of sp³-hybridized carbons (Fsp3) is 0.286. The van der Waals surface area contributed by atoms with E-state index in [0.29, 0.717) is 0 Å². The summed E-state index contributed by atoms with van der Waals surface area (Å²) in [5.74, 6) is 0. The highest BCUT2D eigenvalue weighted by Gasteiger charge is 2.17. The smallest absolute Gasteiger partial charge is 0.270 e. The minimum absolute atomic E-state index is 0.111. The number of alkyl halides is 2. The summed E-state index contributed by atoms with van der Waals surface area (Å²) in [4.78, 5) is 13.2. The van der Waals surface area contributed by atoms with Gasteiger partial charge in [0, 0.05) is 11.8 Å². The maximum absolute atomic E-state index is 12.2. The Morgan fingerprint density at radius 1 is 1.62 bits per heavy atom. The second-order valence-corrected chi connectivity index (χ2v) is 2.72. The number of nitrogens with one attached hydrogen (secondary N) is 1. The van der Waals surface area contributed by atoms with Crippen LogP contribution >= 0.6 is 11.6 Å². The Kier molecular flexibility index (Phi) is 3.00. The third-order valence-corrected chi connectivity index (χ3v) is 1.76. The first-order valence-electron chi connectivity index (χ1n) is 3.37. The quantitative estimate of drug-likeness (QED) is 0.725. The van der Waals surface area contributed by atoms with Crippen LogP contribution in [0.2, 0.25) is 5.15 Å². The van der Waals surface area contributed by atoms with Gasteiger partial charge in [-0.05, 0) is 0 Å². The standard InChI is InChI=1S/C7H6ClF2NO2/c8-6-5(7(9)10)4(13)1-3(2-12)11-6/h1,7,12H,2H2,(H,11,13). The van der Waals surface area contributed by atoms with Gasteiger partial charge in [0.15, 0.2) is 5.43 Å². The van der Waals surface area contributed by atoms with E-state index < -0.39 is 29.2 Å². The number of aliphatic hydroxyl groups is 1. The molecule has 0 radical (unpaired) electrons. The second-order valence-electron chi connectivity index (χ2n) is 2.35. The first-order chi connectivity index (χ1) is 6.06. The Balaban J connectivity index is 3.32. The molecule has 1 heterocycles. The molecule has 0 unspecified atom stereocenters. The molecule has 1 aromatic rings. The zero-order chi connectivity index (χ0) is 10.0. The molecule has 0 bridgehead atoms. The van der Waals surface area contributed by atoms with Crippen LogP contribution < -0.4 is 5.43 Å². The molecule has 0 atom stereocenters. The third kappa shape index (κ3) is 2.05. The van der Waals surface area contributed by atoms with Gasteiger partial charge in [0.05, 0.1) is 6.61 Å². The van der Waals surface area contributed by atoms with E-state index in [-0.39, 0.29) is 5.69 Å². The highest BCUT2D eigenvalue weighted by atomic mass is 35.5. The number of aliphatic hydroxyl groups excluding tert-OH is 1. The predicted octanol–water partition coefficient (Wildman–Crippen LogP) is 1.46. The Bertz CT molecular complexity index is 364. The Hall–Kier alpha value is -0.940. The number of H-pyrrole nitrogens is 1. The van der Waals surface area contributed by atoms with Crippen molar-refractivity contribution in [2.45, 2.75) is 13.0 Å². The monoisotopic (exact) mass is 209 g/mol. The van der Waals surface area contributed by atoms with Crippen molar-refractivity contribution in [2.75, 3.05) is 0 Å². The Labute approximate surface area is 77.0 Å². The van der Waals surface area contributed by atoms with Crippen molar-refractivity contribution in [1.82, 2.24) is 4.98 Å². The van der Waals surface area contributed by atoms with Crippen LogP contribution in [0.15, 0.2) is 10.9 Å². The minimum Gasteiger partial charge on any atom is -0.390 e. The first kappa shape index (κ1) is 10.1. The molecule has 0 saturated heterocycles. The number of hydrogen-bond donors (Lipinski definition) is 2. The van der Waals surface area contributed by atoms with Crippen molar-refractivity contribution in [2.24, 2.45) is 0 Å². The average molecular weight is 210 g/mol. The lowest BCUT2D eigenvalue weighted by Gasteiger charge is -2.03. The summed E-state index contributed by atoms with van der Waals surface area (Å²) < 4.78 is 24.3. The van der Waals surface area contributed by atoms with Gasteiger partial charge in [-0.25, -0.2) is 8.78 Å². The fourth-order valence-corrected chi connectivity index (χ4v) is 1.17. The summed E-state index contributed by atoms with van der Waals surface area (Å²) in [7, 11) is 0. The van der Waals surface area contributed by atoms with Crippen molar-refractivity contribution >= 4 is 11.6 Å². The lowest BCUT2D eigenvalue weighted by atomic mass is 10.2. The van der Waals surface area contributed by atoms with E-state index in [1.165, 1.54) is 0 Å². The van der Waals surface area contributed by atoms with Gasteiger partial charge in [-0.2, -0.15) is 0 Å². The van der Waals surface area contributed by atoms with E-state index in [1.54, 1.807) is 0 Å². The van der Waals surface area contributed by atoms with Gasteiger partial charge in [0.25, 0.3) is 6.43 Å². The molecule has 2 N–H and O–H groups in total. The van der Waals surface area contributed by atoms with Crippen LogP contribution in [0.3, 0.4) is 0 Å². The molecule has 0 aromatic carbocycles. The van der Waals surface area contributed by atoms with Crippen molar-refractivity contribution in [3.63, 3.8) is 0 Å². The number of aromatic amines is 1. The van der Waals surface area contributed by atoms with Gasteiger partial charge in [-0.1, -0.05) is 11.6 Å². The normalized spacial score (nSPS) is 10.8. The van der Waals surface area contributed by atoms with Crippen LogP contribution in [0, 0.1) is 0 Å². The van der Waals surface area contributed by atoms with Crippen molar-refractivity contribution in [3.05, 3.63) is 32.7 Å². The van der Waals surface area contributed by atoms with Gasteiger partial charge >= 0.3 is 0 Å². The highest BCUT2D eigenvalue weighted by molar-refractivity contribution is 6.30. The van der Waals surface area contributed by atoms with E-state index in [9.17, 15) is 13.6 Å². The van der Waals surface area contributed by atoms with Crippen LogP contribution in [-0.2, 0) is 6.61 Å². The molecule has 0 aliphatic heterocycles. The lowest BCUT2D eigenvalue weighted by Crippen LogP contribution is -2.12. The number of pyridine rings is 1. The summed E-state index contributed by atoms with van der Waals surface area (Å²) in [6.45, 7) is -0.446. The third-order valence-electron chi connectivity index (χ3n) is 1.47. The highest BCUT2D eigenvalue weighted by Crippen LogP contribution is 2.21. The number of halogens is 3. The number of rotatable bonds is 2. The Morgan fingerprint density at radius 3 is 2.62 bits per heavy atom. The van der Waals surface area contributed by atoms with Gasteiger partial charge in [-0.3, -0.25) is 4.79 Å². The molecule has 0 spiro atoms. The van der Waals surface area contributed by atoms with E-state index in [0.717, 1.165) is 6.07 Å². The van der Waals surface area contributed by atoms with Crippen molar-refractivity contribution in [1.29, 1.82) is 0 Å². The molecule has 13 heavy (non-hydrogen) atoms. The zero-order valence-corrected chi connectivity index (χ0v) is 7.11. The maximum Gasteiger partial charge on any atom is 0.270 e. The van der Waals surface area contributed by atoms with E-state index >= 15 is 0 Å². The number of hydrogen-bond acceptors (Lipinski definition) is 2. The summed E-state index contributed by atoms with van der Waals surface area (Å²) in [6.07, 6.45) is -2.91. The molecule has 0 aliphatic carbocycles. The number of aromatic nitrogens is 1. The largest absolute Gasteiger partial charge is 0.390 e. The molecule has 0 fully saturated rings. The molecule has 1 rings (SSSR count). The molecule has 6 heteroatoms. The van der Waals surface area contributed by atoms with Gasteiger partial charge in [-0.15, -0.1) is 0 Å². The average Bonchev–Trinajstić information content (AvgIpc) is 2.02. The maximum atomic E-state index is 12.2. The molecule has 0 aliphatic rings. The minimum atomic E-state index is -2.91. The van der Waals surface area contributed by atoms with Crippen LogP contribution in [0.25, 0.3) is 0 Å². The molecule has 1 aromatic heterocycles. The van der Waals surface area contributed by atoms with E-state index in [1.807, 2.05) is 0 Å². The summed E-state index contributed by atoms with van der Waals surface area (Å²) in [6, 6.07) is 0.896. The first-order valence-corrected chi connectivity index (χ1v) is 3.74. The second kappa shape index (κ2) is 3.85. The van der Waals surface area contributed by atoms with Crippen LogP contribution in [0.5, 0.6) is 0 Å². The summed E-state index contributed by atoms with van der Waals surface area (Å²) in [5, 5.41) is 8.18. The Morgan fingerprint density at radius 2 is 2.23 bits per heavy atom. The van der Waals surface area contributed by atoms with Gasteiger partial charge < -0.3 is 10.1 Å². The van der Waals surface area contributed by atoms with E-state index in [4.69, 9.17) is 16.7 Å².